The van der Waals surface area contributed by atoms with Crippen LogP contribution < -0.4 is 5.32 Å². The lowest BCUT2D eigenvalue weighted by Crippen LogP contribution is -2.34. The summed E-state index contributed by atoms with van der Waals surface area (Å²) >= 11 is 0. The van der Waals surface area contributed by atoms with Gasteiger partial charge in [0.25, 0.3) is 0 Å². The molecule has 1 N–H and O–H groups in total. The van der Waals surface area contributed by atoms with E-state index in [1.54, 1.807) is 0 Å². The van der Waals surface area contributed by atoms with Gasteiger partial charge in [0.1, 0.15) is 0 Å². The topological polar surface area (TPSA) is 32.3 Å². The molecular formula is C23H30N2O. The molecule has 1 saturated heterocycles. The first kappa shape index (κ1) is 18.7. The van der Waals surface area contributed by atoms with Gasteiger partial charge in [-0.25, -0.2) is 0 Å². The second-order valence-corrected chi connectivity index (χ2v) is 7.54. The Kier molecular flexibility index (Phi) is 6.45. The van der Waals surface area contributed by atoms with Crippen molar-refractivity contribution in [3.05, 3.63) is 60.2 Å². The maximum atomic E-state index is 12.8. The van der Waals surface area contributed by atoms with Crippen molar-refractivity contribution >= 4 is 5.91 Å². The number of amides is 1. The van der Waals surface area contributed by atoms with Crippen LogP contribution in [0.4, 0.5) is 0 Å². The first-order valence-corrected chi connectivity index (χ1v) is 9.73. The van der Waals surface area contributed by atoms with Crippen LogP contribution in [0.5, 0.6) is 0 Å². The molecule has 1 fully saturated rings. The van der Waals surface area contributed by atoms with E-state index in [0.717, 1.165) is 13.1 Å². The lowest BCUT2D eigenvalue weighted by molar-refractivity contribution is -0.131. The van der Waals surface area contributed by atoms with Crippen LogP contribution in [0, 0.1) is 11.8 Å². The average molecular weight is 351 g/mol. The van der Waals surface area contributed by atoms with Gasteiger partial charge in [0.15, 0.2) is 0 Å². The number of carbonyl (C=O) groups excluding carboxylic acids is 1. The van der Waals surface area contributed by atoms with Crippen LogP contribution in [0.15, 0.2) is 54.6 Å². The van der Waals surface area contributed by atoms with Crippen molar-refractivity contribution in [2.24, 2.45) is 11.8 Å². The van der Waals surface area contributed by atoms with Crippen LogP contribution in [-0.2, 0) is 11.3 Å². The number of rotatable bonds is 6. The van der Waals surface area contributed by atoms with E-state index in [0.29, 0.717) is 24.8 Å². The van der Waals surface area contributed by atoms with Gasteiger partial charge in [-0.3, -0.25) is 4.79 Å². The van der Waals surface area contributed by atoms with Gasteiger partial charge in [-0.2, -0.15) is 0 Å². The summed E-state index contributed by atoms with van der Waals surface area (Å²) in [6, 6.07) is 18.8. The van der Waals surface area contributed by atoms with E-state index in [4.69, 9.17) is 0 Å². The van der Waals surface area contributed by atoms with Crippen molar-refractivity contribution in [2.45, 2.75) is 32.7 Å². The molecule has 138 valence electrons. The standard InChI is InChI=1S/C23H30N2O/c1-18(19-12-14-24-15-13-19)16-23(26)25(2)17-21-10-6-7-11-22(21)20-8-4-3-5-9-20/h3-11,18-19,24H,12-17H2,1-2H3. The Balaban J connectivity index is 1.64. The number of nitrogens with zero attached hydrogens (tertiary/aromatic N) is 1. The molecule has 1 atom stereocenters. The molecule has 1 unspecified atom stereocenters. The third kappa shape index (κ3) is 4.73. The Hall–Kier alpha value is -2.13. The molecule has 26 heavy (non-hydrogen) atoms. The molecule has 0 aromatic heterocycles. The maximum Gasteiger partial charge on any atom is 0.222 e. The summed E-state index contributed by atoms with van der Waals surface area (Å²) in [5, 5.41) is 3.40. The largest absolute Gasteiger partial charge is 0.341 e. The van der Waals surface area contributed by atoms with Gasteiger partial charge in [0.05, 0.1) is 0 Å². The predicted octanol–water partition coefficient (Wildman–Crippen LogP) is 4.34. The van der Waals surface area contributed by atoms with Crippen LogP contribution in [0.3, 0.4) is 0 Å². The molecule has 0 radical (unpaired) electrons. The van der Waals surface area contributed by atoms with E-state index < -0.39 is 0 Å². The van der Waals surface area contributed by atoms with Gasteiger partial charge in [0.2, 0.25) is 5.91 Å². The lowest BCUT2D eigenvalue weighted by atomic mass is 9.84. The Morgan fingerprint density at radius 2 is 1.73 bits per heavy atom. The Labute approximate surface area is 157 Å². The van der Waals surface area contributed by atoms with Crippen molar-refractivity contribution in [2.75, 3.05) is 20.1 Å². The summed E-state index contributed by atoms with van der Waals surface area (Å²) in [6.45, 7) is 5.06. The highest BCUT2D eigenvalue weighted by molar-refractivity contribution is 5.77. The van der Waals surface area contributed by atoms with Crippen LogP contribution in [-0.4, -0.2) is 30.9 Å². The minimum atomic E-state index is 0.249. The minimum Gasteiger partial charge on any atom is -0.341 e. The highest BCUT2D eigenvalue weighted by Gasteiger charge is 2.23. The van der Waals surface area contributed by atoms with Crippen LogP contribution in [0.2, 0.25) is 0 Å². The second kappa shape index (κ2) is 9.00. The smallest absolute Gasteiger partial charge is 0.222 e. The summed E-state index contributed by atoms with van der Waals surface area (Å²) in [7, 11) is 1.93. The number of benzene rings is 2. The third-order valence-corrected chi connectivity index (χ3v) is 5.62. The fourth-order valence-electron chi connectivity index (χ4n) is 3.91. The second-order valence-electron chi connectivity index (χ2n) is 7.54. The van der Waals surface area contributed by atoms with Crippen LogP contribution in [0.25, 0.3) is 11.1 Å². The van der Waals surface area contributed by atoms with Gasteiger partial charge in [-0.05, 0) is 54.5 Å². The van der Waals surface area contributed by atoms with Crippen LogP contribution in [0.1, 0.15) is 31.7 Å². The molecule has 1 aliphatic rings. The maximum absolute atomic E-state index is 12.8. The Bertz CT molecular complexity index is 707. The molecule has 2 aromatic rings. The Morgan fingerprint density at radius 3 is 2.46 bits per heavy atom. The SMILES string of the molecule is CC(CC(=O)N(C)Cc1ccccc1-c1ccccc1)C1CCNCC1. The minimum absolute atomic E-state index is 0.249. The third-order valence-electron chi connectivity index (χ3n) is 5.62. The molecule has 1 heterocycles. The number of hydrogen-bond donors (Lipinski definition) is 1. The number of nitrogens with one attached hydrogen (secondary N) is 1. The van der Waals surface area contributed by atoms with Crippen LogP contribution >= 0.6 is 0 Å². The van der Waals surface area contributed by atoms with Crippen molar-refractivity contribution in [1.82, 2.24) is 10.2 Å². The predicted molar refractivity (Wildman–Crippen MR) is 108 cm³/mol. The first-order chi connectivity index (χ1) is 12.6. The normalized spacial score (nSPS) is 16.2. The van der Waals surface area contributed by atoms with Gasteiger partial charge in [-0.15, -0.1) is 0 Å². The first-order valence-electron chi connectivity index (χ1n) is 9.73. The molecule has 0 spiro atoms. The van der Waals surface area contributed by atoms with Gasteiger partial charge >= 0.3 is 0 Å². The summed E-state index contributed by atoms with van der Waals surface area (Å²) in [5.74, 6) is 1.38. The molecule has 0 saturated carbocycles. The number of piperidine rings is 1. The fourth-order valence-corrected chi connectivity index (χ4v) is 3.91. The van der Waals surface area contributed by atoms with Gasteiger partial charge in [0, 0.05) is 20.0 Å². The van der Waals surface area contributed by atoms with E-state index in [1.165, 1.54) is 29.5 Å². The van der Waals surface area contributed by atoms with Crippen molar-refractivity contribution in [3.63, 3.8) is 0 Å². The molecule has 2 aromatic carbocycles. The zero-order valence-corrected chi connectivity index (χ0v) is 15.9. The average Bonchev–Trinajstić information content (AvgIpc) is 2.69. The van der Waals surface area contributed by atoms with E-state index >= 15 is 0 Å². The summed E-state index contributed by atoms with van der Waals surface area (Å²) in [5.41, 5.74) is 3.61. The Morgan fingerprint density at radius 1 is 1.08 bits per heavy atom. The van der Waals surface area contributed by atoms with Gasteiger partial charge < -0.3 is 10.2 Å². The number of hydrogen-bond acceptors (Lipinski definition) is 2. The van der Waals surface area contributed by atoms with E-state index in [-0.39, 0.29) is 5.91 Å². The highest BCUT2D eigenvalue weighted by Crippen LogP contribution is 2.27. The molecule has 0 aliphatic carbocycles. The van der Waals surface area contributed by atoms with Crippen molar-refractivity contribution in [3.8, 4) is 11.1 Å². The molecular weight excluding hydrogens is 320 g/mol. The molecule has 3 nitrogen and oxygen atoms in total. The van der Waals surface area contributed by atoms with E-state index in [2.05, 4.69) is 60.8 Å². The highest BCUT2D eigenvalue weighted by atomic mass is 16.2. The quantitative estimate of drug-likeness (QED) is 0.840. The van der Waals surface area contributed by atoms with Crippen molar-refractivity contribution < 1.29 is 4.79 Å². The van der Waals surface area contributed by atoms with E-state index in [1.807, 2.05) is 18.0 Å². The lowest BCUT2D eigenvalue weighted by Gasteiger charge is -2.29. The van der Waals surface area contributed by atoms with E-state index in [9.17, 15) is 4.79 Å². The monoisotopic (exact) mass is 350 g/mol. The molecule has 3 heteroatoms. The molecule has 0 bridgehead atoms. The zero-order chi connectivity index (χ0) is 18.4. The molecule has 3 rings (SSSR count). The summed E-state index contributed by atoms with van der Waals surface area (Å²) in [6.07, 6.45) is 3.03. The van der Waals surface area contributed by atoms with Gasteiger partial charge in [-0.1, -0.05) is 61.5 Å². The van der Waals surface area contributed by atoms with Crippen molar-refractivity contribution in [1.29, 1.82) is 0 Å². The fraction of sp³-hybridized carbons (Fsp3) is 0.435. The molecule has 1 amide bonds. The summed E-state index contributed by atoms with van der Waals surface area (Å²) < 4.78 is 0. The summed E-state index contributed by atoms with van der Waals surface area (Å²) in [4.78, 5) is 14.6. The molecule has 1 aliphatic heterocycles. The zero-order valence-electron chi connectivity index (χ0n) is 15.9. The number of carbonyl (C=O) groups is 1.